The van der Waals surface area contributed by atoms with Crippen LogP contribution in [-0.4, -0.2) is 196 Å². The molecule has 3 rings (SSSR count). The summed E-state index contributed by atoms with van der Waals surface area (Å²) in [5, 5.41) is 119. The van der Waals surface area contributed by atoms with E-state index in [1.54, 1.807) is 0 Å². The number of aryl methyl sites for hydroxylation is 2. The Hall–Kier alpha value is -5.19. The second kappa shape index (κ2) is 32.3. The number of anilines is 2. The van der Waals surface area contributed by atoms with Gasteiger partial charge in [0.2, 0.25) is 11.8 Å². The number of rotatable bonds is 33. The first kappa shape index (κ1) is 63.1. The van der Waals surface area contributed by atoms with Crippen LogP contribution in [0.25, 0.3) is 11.1 Å². The molecule has 0 saturated heterocycles. The van der Waals surface area contributed by atoms with Gasteiger partial charge in [0.1, 0.15) is 42.7 Å². The predicted octanol–water partition coefficient (Wildman–Crippen LogP) is -2.51. The monoisotopic (exact) mass is 1060 g/mol. The van der Waals surface area contributed by atoms with Gasteiger partial charge in [-0.05, 0) is 92.5 Å². The average molecular weight is 1060 g/mol. The molecule has 10 atom stereocenters. The van der Waals surface area contributed by atoms with E-state index in [-0.39, 0.29) is 53.7 Å². The fraction of sp³-hybridized carbons (Fsp3) is 0.592. The Morgan fingerprint density at radius 2 is 1.16 bits per heavy atom. The molecule has 3 aromatic rings. The number of nitrogens with two attached hydrogens (primary N) is 3. The topological polar surface area (TPSA) is 433 Å². The van der Waals surface area contributed by atoms with E-state index in [1.807, 2.05) is 38.1 Å². The molecule has 1 aromatic heterocycles. The highest BCUT2D eigenvalue weighted by Crippen LogP contribution is 2.22. The Kier molecular flexibility index (Phi) is 27.5. The number of nitrogen functional groups attached to an aromatic ring is 2. The van der Waals surface area contributed by atoms with Crippen molar-refractivity contribution in [1.29, 1.82) is 5.41 Å². The van der Waals surface area contributed by atoms with Crippen LogP contribution in [0.2, 0.25) is 5.15 Å². The number of guanidine groups is 1. The largest absolute Gasteiger partial charge is 0.394 e. The van der Waals surface area contributed by atoms with Crippen molar-refractivity contribution in [2.75, 3.05) is 57.4 Å². The standard InChI is InChI=1S/C49H78ClN11O13/c1-27(2)22-32(51)46(72)57-33(10-4-6-21-61(23-34(64)39(68)41(70)36(66)25-62)24-35(65)40(69)42(71)37(67)26-63)47(73)55-20-7-9-29-13-17-31(18-14-29)30-15-11-28(12-16-30)8-3-5-19-56-49(54)60-48(74)38-44(52)59-45(53)43(50)58-38/h11-18,27,32-37,39-42,62-71H,3-10,19-26,51H2,1-2H3,(H,55,73)(H,57,72)(H4,52,53,59)(H3,54,56,60,74)/t32-,33-,34-,35-,36+,37+,39+,40+,41+,42+/m0/s1. The number of hydrogen-bond acceptors (Lipinski definition) is 20. The normalized spacial score (nSPS) is 15.8. The number of amides is 3. The molecule has 21 N–H and O–H groups in total. The second-order valence-corrected chi connectivity index (χ2v) is 19.1. The summed E-state index contributed by atoms with van der Waals surface area (Å²) < 4.78 is 0. The van der Waals surface area contributed by atoms with Gasteiger partial charge in [-0.15, -0.1) is 0 Å². The Balaban J connectivity index is 1.51. The van der Waals surface area contributed by atoms with Crippen LogP contribution in [0.4, 0.5) is 11.6 Å². The summed E-state index contributed by atoms with van der Waals surface area (Å²) in [6.07, 6.45) is -10.1. The number of nitrogens with zero attached hydrogens (tertiary/aromatic N) is 3. The van der Waals surface area contributed by atoms with E-state index in [2.05, 4.69) is 55.5 Å². The maximum Gasteiger partial charge on any atom is 0.280 e. The first-order valence-corrected chi connectivity index (χ1v) is 25.1. The number of nitrogens with one attached hydrogen (secondary N) is 5. The van der Waals surface area contributed by atoms with E-state index in [9.17, 15) is 65.4 Å². The Bertz CT molecular complexity index is 2150. The average Bonchev–Trinajstić information content (AvgIpc) is 3.37. The van der Waals surface area contributed by atoms with Crippen molar-refractivity contribution in [3.8, 4) is 11.1 Å². The maximum atomic E-state index is 13.6. The number of aromatic nitrogens is 2. The van der Waals surface area contributed by atoms with Crippen molar-refractivity contribution < 1.29 is 65.4 Å². The van der Waals surface area contributed by atoms with Gasteiger partial charge in [0.25, 0.3) is 5.91 Å². The highest BCUT2D eigenvalue weighted by Gasteiger charge is 2.34. The van der Waals surface area contributed by atoms with E-state index >= 15 is 0 Å². The van der Waals surface area contributed by atoms with Gasteiger partial charge in [-0.3, -0.25) is 30.0 Å². The van der Waals surface area contributed by atoms with Crippen molar-refractivity contribution in [1.82, 2.24) is 36.1 Å². The third-order valence-corrected chi connectivity index (χ3v) is 12.5. The third kappa shape index (κ3) is 21.2. The van der Waals surface area contributed by atoms with Crippen LogP contribution in [0.1, 0.15) is 80.4 Å². The number of unbranched alkanes of at least 4 members (excludes halogenated alkanes) is 2. The summed E-state index contributed by atoms with van der Waals surface area (Å²) in [4.78, 5) is 48.1. The molecule has 24 nitrogen and oxygen atoms in total. The highest BCUT2D eigenvalue weighted by atomic mass is 35.5. The molecular formula is C49H78ClN11O13. The van der Waals surface area contributed by atoms with Crippen molar-refractivity contribution in [3.05, 3.63) is 70.5 Å². The first-order valence-electron chi connectivity index (χ1n) is 24.7. The zero-order chi connectivity index (χ0) is 55.1. The minimum atomic E-state index is -1.94. The molecule has 0 radical (unpaired) electrons. The summed E-state index contributed by atoms with van der Waals surface area (Å²) in [7, 11) is 0. The van der Waals surface area contributed by atoms with E-state index in [0.29, 0.717) is 38.8 Å². The van der Waals surface area contributed by atoms with Gasteiger partial charge in [-0.2, -0.15) is 0 Å². The highest BCUT2D eigenvalue weighted by molar-refractivity contribution is 6.31. The number of benzene rings is 2. The lowest BCUT2D eigenvalue weighted by atomic mass is 9.99. The van der Waals surface area contributed by atoms with Gasteiger partial charge in [0.05, 0.1) is 31.5 Å². The lowest BCUT2D eigenvalue weighted by Crippen LogP contribution is -2.53. The summed E-state index contributed by atoms with van der Waals surface area (Å²) in [6.45, 7) is 1.92. The maximum absolute atomic E-state index is 13.6. The third-order valence-electron chi connectivity index (χ3n) is 12.2. The van der Waals surface area contributed by atoms with Gasteiger partial charge in [-0.25, -0.2) is 9.97 Å². The van der Waals surface area contributed by atoms with E-state index in [0.717, 1.165) is 41.5 Å². The van der Waals surface area contributed by atoms with Crippen molar-refractivity contribution in [3.63, 3.8) is 0 Å². The molecule has 0 saturated carbocycles. The van der Waals surface area contributed by atoms with Crippen molar-refractivity contribution in [2.24, 2.45) is 11.7 Å². The summed E-state index contributed by atoms with van der Waals surface area (Å²) in [5.74, 6) is -2.09. The smallest absolute Gasteiger partial charge is 0.280 e. The molecule has 0 spiro atoms. The minimum Gasteiger partial charge on any atom is -0.394 e. The molecule has 414 valence electrons. The van der Waals surface area contributed by atoms with Crippen LogP contribution < -0.4 is 38.5 Å². The zero-order valence-corrected chi connectivity index (χ0v) is 42.7. The van der Waals surface area contributed by atoms with E-state index in [4.69, 9.17) is 34.2 Å². The Morgan fingerprint density at radius 1 is 0.662 bits per heavy atom. The van der Waals surface area contributed by atoms with Crippen molar-refractivity contribution >= 4 is 46.9 Å². The van der Waals surface area contributed by atoms with Crippen molar-refractivity contribution in [2.45, 2.75) is 133 Å². The molecule has 0 aliphatic carbocycles. The Morgan fingerprint density at radius 3 is 1.68 bits per heavy atom. The molecule has 74 heavy (non-hydrogen) atoms. The molecule has 25 heteroatoms. The van der Waals surface area contributed by atoms with Crippen LogP contribution in [0.3, 0.4) is 0 Å². The molecule has 0 bridgehead atoms. The predicted molar refractivity (Wildman–Crippen MR) is 277 cm³/mol. The van der Waals surface area contributed by atoms with Gasteiger partial charge < -0.3 is 84.2 Å². The zero-order valence-electron chi connectivity index (χ0n) is 41.9. The molecule has 0 aliphatic heterocycles. The van der Waals surface area contributed by atoms with Crippen LogP contribution in [0.5, 0.6) is 0 Å². The molecule has 2 aromatic carbocycles. The van der Waals surface area contributed by atoms with E-state index in [1.165, 1.54) is 4.90 Å². The van der Waals surface area contributed by atoms with Crippen LogP contribution >= 0.6 is 11.6 Å². The number of hydrogen-bond donors (Lipinski definition) is 18. The molecule has 0 aliphatic rings. The van der Waals surface area contributed by atoms with Crippen LogP contribution in [0.15, 0.2) is 48.5 Å². The molecule has 0 fully saturated rings. The lowest BCUT2D eigenvalue weighted by Gasteiger charge is -2.33. The van der Waals surface area contributed by atoms with Gasteiger partial charge in [0.15, 0.2) is 28.4 Å². The number of carbonyl (C=O) groups is 3. The lowest BCUT2D eigenvalue weighted by molar-refractivity contribution is -0.130. The van der Waals surface area contributed by atoms with Crippen LogP contribution in [-0.2, 0) is 22.4 Å². The van der Waals surface area contributed by atoms with Gasteiger partial charge in [0, 0.05) is 26.2 Å². The molecule has 1 heterocycles. The van der Waals surface area contributed by atoms with E-state index < -0.39 is 105 Å². The Labute approximate surface area is 435 Å². The number of carbonyl (C=O) groups excluding carboxylic acids is 3. The fourth-order valence-electron chi connectivity index (χ4n) is 7.82. The minimum absolute atomic E-state index is 0.0434. The SMILES string of the molecule is CC(C)C[C@H](N)C(=O)N[C@@H](CCCCN(C[C@H](O)[C@@H](O)[C@H](O)[C@H](O)CO)C[C@H](O)[C@@H](O)[C@H](O)[C@H](O)CO)C(=O)NCCCc1ccc(-c2ccc(CCCCNC(=N)NC(=O)c3nc(Cl)c(N)nc3N)cc2)cc1. The fourth-order valence-corrected chi connectivity index (χ4v) is 7.95. The van der Waals surface area contributed by atoms with Crippen LogP contribution in [0, 0.1) is 11.3 Å². The molecule has 3 amide bonds. The second-order valence-electron chi connectivity index (χ2n) is 18.8. The van der Waals surface area contributed by atoms with Gasteiger partial charge in [-0.1, -0.05) is 74.0 Å². The summed E-state index contributed by atoms with van der Waals surface area (Å²) in [6, 6.07) is 14.5. The summed E-state index contributed by atoms with van der Waals surface area (Å²) in [5.41, 5.74) is 21.4. The quantitative estimate of drug-likeness (QED) is 0.0170. The summed E-state index contributed by atoms with van der Waals surface area (Å²) >= 11 is 5.84. The number of aliphatic hydroxyl groups is 10. The number of aliphatic hydroxyl groups excluding tert-OH is 10. The molecule has 0 unspecified atom stereocenters. The number of halogens is 1. The first-order chi connectivity index (χ1) is 35.1. The van der Waals surface area contributed by atoms with Gasteiger partial charge >= 0.3 is 0 Å². The molecular weight excluding hydrogens is 986 g/mol.